The number of benzene rings is 2. The van der Waals surface area contributed by atoms with E-state index in [9.17, 15) is 4.79 Å². The molecule has 0 radical (unpaired) electrons. The molecule has 0 spiro atoms. The first-order valence-electron chi connectivity index (χ1n) is 12.3. The number of hydrogen-bond acceptors (Lipinski definition) is 9. The highest BCUT2D eigenvalue weighted by Crippen LogP contribution is 2.35. The lowest BCUT2D eigenvalue weighted by Crippen LogP contribution is -2.37. The van der Waals surface area contributed by atoms with Gasteiger partial charge in [0.15, 0.2) is 17.3 Å². The van der Waals surface area contributed by atoms with E-state index in [1.165, 1.54) is 11.3 Å². The second-order valence-corrected chi connectivity index (χ2v) is 10.1. The Kier molecular flexibility index (Phi) is 6.31. The number of likely N-dealkylation sites (tertiary alicyclic amines) is 1. The fourth-order valence-corrected chi connectivity index (χ4v) is 5.74. The minimum absolute atomic E-state index is 0.0140. The maximum absolute atomic E-state index is 12.8. The van der Waals surface area contributed by atoms with Crippen molar-refractivity contribution in [1.82, 2.24) is 34.3 Å². The molecule has 190 valence electrons. The normalized spacial score (nSPS) is 15.0. The molecule has 2 aromatic carbocycles. The van der Waals surface area contributed by atoms with Crippen molar-refractivity contribution in [2.45, 2.75) is 25.3 Å². The summed E-state index contributed by atoms with van der Waals surface area (Å²) in [4.78, 5) is 20.4. The van der Waals surface area contributed by atoms with Crippen molar-refractivity contribution in [1.29, 1.82) is 0 Å². The van der Waals surface area contributed by atoms with Gasteiger partial charge in [0.05, 0.1) is 31.4 Å². The van der Waals surface area contributed by atoms with Crippen LogP contribution in [0.2, 0.25) is 0 Å². The van der Waals surface area contributed by atoms with E-state index < -0.39 is 0 Å². The molecule has 0 unspecified atom stereocenters. The van der Waals surface area contributed by atoms with Crippen LogP contribution in [0, 0.1) is 0 Å². The summed E-state index contributed by atoms with van der Waals surface area (Å²) in [6.07, 6.45) is 3.59. The molecule has 1 aliphatic rings. The van der Waals surface area contributed by atoms with Gasteiger partial charge < -0.3 is 14.4 Å². The third kappa shape index (κ3) is 4.44. The van der Waals surface area contributed by atoms with Crippen LogP contribution >= 0.6 is 11.3 Å². The number of piperidine rings is 1. The standard InChI is InChI=1S/C26H27N7O3S/c1-35-21-8-7-18(15-22(21)36-2)24-30-33-23(28-29-26(33)37-24)17-9-11-31(12-10-17)13-14-32-16-27-20-6-4-3-5-19(20)25(32)34/h3-8,15-17H,9-14H2,1-2H3. The zero-order valence-electron chi connectivity index (χ0n) is 20.7. The molecule has 1 fully saturated rings. The molecule has 1 aliphatic heterocycles. The SMILES string of the molecule is COc1ccc(-c2nn3c(C4CCN(CCn5cnc6ccccc6c5=O)CC4)nnc3s2)cc1OC. The van der Waals surface area contributed by atoms with Crippen LogP contribution in [0.25, 0.3) is 26.4 Å². The minimum Gasteiger partial charge on any atom is -0.493 e. The van der Waals surface area contributed by atoms with E-state index in [4.69, 9.17) is 14.6 Å². The molecular weight excluding hydrogens is 490 g/mol. The molecule has 1 saturated heterocycles. The second kappa shape index (κ2) is 9.91. The molecule has 37 heavy (non-hydrogen) atoms. The summed E-state index contributed by atoms with van der Waals surface area (Å²) >= 11 is 1.51. The average Bonchev–Trinajstić information content (AvgIpc) is 3.54. The number of hydrogen-bond donors (Lipinski definition) is 0. The van der Waals surface area contributed by atoms with Gasteiger partial charge in [-0.1, -0.05) is 23.5 Å². The molecule has 0 atom stereocenters. The van der Waals surface area contributed by atoms with Crippen molar-refractivity contribution < 1.29 is 9.47 Å². The first kappa shape index (κ1) is 23.6. The van der Waals surface area contributed by atoms with Gasteiger partial charge in [-0.2, -0.15) is 9.61 Å². The van der Waals surface area contributed by atoms with Gasteiger partial charge in [-0.3, -0.25) is 9.36 Å². The summed E-state index contributed by atoms with van der Waals surface area (Å²) in [5, 5.41) is 15.2. The molecule has 0 bridgehead atoms. The Morgan fingerprint density at radius 3 is 2.62 bits per heavy atom. The predicted molar refractivity (Wildman–Crippen MR) is 142 cm³/mol. The highest BCUT2D eigenvalue weighted by atomic mass is 32.1. The van der Waals surface area contributed by atoms with Crippen LogP contribution in [0.5, 0.6) is 11.5 Å². The summed E-state index contributed by atoms with van der Waals surface area (Å²) in [6.45, 7) is 3.29. The van der Waals surface area contributed by atoms with E-state index in [1.807, 2.05) is 47.0 Å². The summed E-state index contributed by atoms with van der Waals surface area (Å²) in [7, 11) is 3.25. The first-order chi connectivity index (χ1) is 18.1. The largest absolute Gasteiger partial charge is 0.493 e. The van der Waals surface area contributed by atoms with E-state index in [0.717, 1.165) is 59.3 Å². The Labute approximate surface area is 217 Å². The first-order valence-corrected chi connectivity index (χ1v) is 13.1. The highest BCUT2D eigenvalue weighted by Gasteiger charge is 2.26. The molecule has 0 amide bonds. The summed E-state index contributed by atoms with van der Waals surface area (Å²) < 4.78 is 14.4. The highest BCUT2D eigenvalue weighted by molar-refractivity contribution is 7.19. The zero-order chi connectivity index (χ0) is 25.4. The number of fused-ring (bicyclic) bond motifs is 2. The molecule has 10 nitrogen and oxygen atoms in total. The molecule has 0 N–H and O–H groups in total. The Morgan fingerprint density at radius 1 is 1.00 bits per heavy atom. The van der Waals surface area contributed by atoms with Gasteiger partial charge in [0.2, 0.25) is 4.96 Å². The van der Waals surface area contributed by atoms with Gasteiger partial charge in [0.1, 0.15) is 5.01 Å². The van der Waals surface area contributed by atoms with Crippen LogP contribution < -0.4 is 15.0 Å². The Bertz CT molecular complexity index is 1620. The summed E-state index contributed by atoms with van der Waals surface area (Å²) in [6, 6.07) is 13.3. The predicted octanol–water partition coefficient (Wildman–Crippen LogP) is 3.46. The molecule has 11 heteroatoms. The molecule has 0 saturated carbocycles. The summed E-state index contributed by atoms with van der Waals surface area (Å²) in [5.41, 5.74) is 1.70. The quantitative estimate of drug-likeness (QED) is 0.324. The Balaban J connectivity index is 1.12. The lowest BCUT2D eigenvalue weighted by molar-refractivity contribution is 0.201. The van der Waals surface area contributed by atoms with Crippen LogP contribution in [0.1, 0.15) is 24.6 Å². The van der Waals surface area contributed by atoms with Gasteiger partial charge in [-0.15, -0.1) is 10.2 Å². The molecular formula is C26H27N7O3S. The fourth-order valence-electron chi connectivity index (χ4n) is 4.90. The van der Waals surface area contributed by atoms with Gasteiger partial charge in [-0.25, -0.2) is 4.98 Å². The van der Waals surface area contributed by atoms with Crippen molar-refractivity contribution in [3.8, 4) is 22.1 Å². The Hall–Kier alpha value is -3.83. The number of nitrogens with zero attached hydrogens (tertiary/aromatic N) is 7. The van der Waals surface area contributed by atoms with E-state index in [1.54, 1.807) is 25.1 Å². The van der Waals surface area contributed by atoms with Gasteiger partial charge in [0, 0.05) is 24.6 Å². The molecule has 3 aromatic heterocycles. The van der Waals surface area contributed by atoms with Crippen molar-refractivity contribution in [2.24, 2.45) is 0 Å². The minimum atomic E-state index is 0.0140. The maximum Gasteiger partial charge on any atom is 0.261 e. The number of rotatable bonds is 7. The van der Waals surface area contributed by atoms with Crippen LogP contribution in [0.15, 0.2) is 53.6 Å². The third-order valence-corrected chi connectivity index (χ3v) is 7.93. The maximum atomic E-state index is 12.8. The third-order valence-electron chi connectivity index (χ3n) is 6.99. The number of para-hydroxylation sites is 1. The Morgan fingerprint density at radius 2 is 1.81 bits per heavy atom. The van der Waals surface area contributed by atoms with Crippen molar-refractivity contribution in [2.75, 3.05) is 33.9 Å². The van der Waals surface area contributed by atoms with Crippen LogP contribution in [0.3, 0.4) is 0 Å². The summed E-state index contributed by atoms with van der Waals surface area (Å²) in [5.74, 6) is 2.55. The number of aromatic nitrogens is 6. The van der Waals surface area contributed by atoms with Crippen LogP contribution in [-0.4, -0.2) is 68.1 Å². The van der Waals surface area contributed by atoms with Crippen molar-refractivity contribution in [3.63, 3.8) is 0 Å². The van der Waals surface area contributed by atoms with Crippen LogP contribution in [0.4, 0.5) is 0 Å². The topological polar surface area (TPSA) is 99.7 Å². The average molecular weight is 518 g/mol. The van der Waals surface area contributed by atoms with E-state index in [0.29, 0.717) is 23.4 Å². The molecule has 4 heterocycles. The zero-order valence-corrected chi connectivity index (χ0v) is 21.5. The van der Waals surface area contributed by atoms with Gasteiger partial charge >= 0.3 is 0 Å². The monoisotopic (exact) mass is 517 g/mol. The lowest BCUT2D eigenvalue weighted by Gasteiger charge is -2.30. The van der Waals surface area contributed by atoms with Crippen LogP contribution in [-0.2, 0) is 6.54 Å². The smallest absolute Gasteiger partial charge is 0.261 e. The van der Waals surface area contributed by atoms with Crippen molar-refractivity contribution in [3.05, 3.63) is 65.0 Å². The van der Waals surface area contributed by atoms with E-state index in [2.05, 4.69) is 20.1 Å². The van der Waals surface area contributed by atoms with E-state index >= 15 is 0 Å². The van der Waals surface area contributed by atoms with Crippen molar-refractivity contribution >= 4 is 27.2 Å². The lowest BCUT2D eigenvalue weighted by atomic mass is 9.96. The molecule has 0 aliphatic carbocycles. The molecule has 6 rings (SSSR count). The fraction of sp³-hybridized carbons (Fsp3) is 0.346. The molecule has 5 aromatic rings. The number of methoxy groups -OCH3 is 2. The van der Waals surface area contributed by atoms with E-state index in [-0.39, 0.29) is 11.5 Å². The van der Waals surface area contributed by atoms with Gasteiger partial charge in [0.25, 0.3) is 5.56 Å². The second-order valence-electron chi connectivity index (χ2n) is 9.11. The van der Waals surface area contributed by atoms with Gasteiger partial charge in [-0.05, 0) is 56.3 Å². The number of ether oxygens (including phenoxy) is 2.